The summed E-state index contributed by atoms with van der Waals surface area (Å²) in [5.41, 5.74) is 12.1. The SMILES string of the molecule is Nc1nc(N)nc(CSc2nnc(N3CCCC3)n2-c2ccccc2Cl)n1. The van der Waals surface area contributed by atoms with Gasteiger partial charge in [-0.25, -0.2) is 0 Å². The summed E-state index contributed by atoms with van der Waals surface area (Å²) in [5, 5.41) is 10.1. The Kier molecular flexibility index (Phi) is 4.99. The molecule has 0 aliphatic carbocycles. The maximum Gasteiger partial charge on any atom is 0.232 e. The average molecular weight is 404 g/mol. The van der Waals surface area contributed by atoms with Gasteiger partial charge in [-0.15, -0.1) is 10.2 Å². The number of nitrogen functional groups attached to an aromatic ring is 2. The second kappa shape index (κ2) is 7.57. The van der Waals surface area contributed by atoms with E-state index in [0.29, 0.717) is 21.8 Å². The predicted molar refractivity (Wildman–Crippen MR) is 106 cm³/mol. The number of thioether (sulfide) groups is 1. The van der Waals surface area contributed by atoms with Crippen LogP contribution in [0.1, 0.15) is 18.7 Å². The Labute approximate surface area is 165 Å². The van der Waals surface area contributed by atoms with Crippen LogP contribution in [-0.2, 0) is 5.75 Å². The van der Waals surface area contributed by atoms with Gasteiger partial charge < -0.3 is 16.4 Å². The lowest BCUT2D eigenvalue weighted by Crippen LogP contribution is -2.22. The first-order valence-corrected chi connectivity index (χ1v) is 9.82. The van der Waals surface area contributed by atoms with Crippen LogP contribution in [0.2, 0.25) is 5.02 Å². The molecule has 0 spiro atoms. The van der Waals surface area contributed by atoms with Crippen molar-refractivity contribution in [1.29, 1.82) is 0 Å². The van der Waals surface area contributed by atoms with Gasteiger partial charge in [0, 0.05) is 13.1 Å². The standard InChI is InChI=1S/C16H18ClN9S/c17-10-5-1-2-6-11(10)26-15(25-7-3-4-8-25)23-24-16(26)27-9-12-20-13(18)22-14(19)21-12/h1-2,5-6H,3-4,7-9H2,(H4,18,19,20,21,22). The Balaban J connectivity index is 1.69. The lowest BCUT2D eigenvalue weighted by Gasteiger charge is -2.19. The first-order chi connectivity index (χ1) is 13.1. The summed E-state index contributed by atoms with van der Waals surface area (Å²) in [6.45, 7) is 1.90. The van der Waals surface area contributed by atoms with E-state index >= 15 is 0 Å². The Morgan fingerprint density at radius 1 is 1.00 bits per heavy atom. The summed E-state index contributed by atoms with van der Waals surface area (Å²) in [6, 6.07) is 7.65. The van der Waals surface area contributed by atoms with Gasteiger partial charge in [0.15, 0.2) is 5.16 Å². The largest absolute Gasteiger partial charge is 0.368 e. The van der Waals surface area contributed by atoms with Crippen molar-refractivity contribution in [3.63, 3.8) is 0 Å². The third-order valence-electron chi connectivity index (χ3n) is 4.15. The number of para-hydroxylation sites is 1. The van der Waals surface area contributed by atoms with E-state index in [4.69, 9.17) is 23.1 Å². The Morgan fingerprint density at radius 3 is 2.41 bits per heavy atom. The summed E-state index contributed by atoms with van der Waals surface area (Å²) in [7, 11) is 0. The second-order valence-electron chi connectivity index (χ2n) is 6.02. The zero-order valence-electron chi connectivity index (χ0n) is 14.4. The molecule has 0 atom stereocenters. The molecule has 1 aliphatic rings. The molecule has 27 heavy (non-hydrogen) atoms. The van der Waals surface area contributed by atoms with Gasteiger partial charge in [0.25, 0.3) is 0 Å². The third-order valence-corrected chi connectivity index (χ3v) is 5.39. The van der Waals surface area contributed by atoms with Crippen LogP contribution in [0.4, 0.5) is 17.8 Å². The highest BCUT2D eigenvalue weighted by Gasteiger charge is 2.23. The monoisotopic (exact) mass is 403 g/mol. The second-order valence-corrected chi connectivity index (χ2v) is 7.37. The van der Waals surface area contributed by atoms with E-state index < -0.39 is 0 Å². The molecule has 4 rings (SSSR count). The lowest BCUT2D eigenvalue weighted by atomic mass is 10.3. The maximum absolute atomic E-state index is 6.45. The minimum Gasteiger partial charge on any atom is -0.368 e. The summed E-state index contributed by atoms with van der Waals surface area (Å²) in [4.78, 5) is 14.2. The fourth-order valence-electron chi connectivity index (χ4n) is 2.97. The molecule has 0 saturated carbocycles. The minimum absolute atomic E-state index is 0.100. The van der Waals surface area contributed by atoms with Crippen molar-refractivity contribution < 1.29 is 0 Å². The fraction of sp³-hybridized carbons (Fsp3) is 0.312. The number of hydrogen-bond donors (Lipinski definition) is 2. The molecule has 4 N–H and O–H groups in total. The number of halogens is 1. The van der Waals surface area contributed by atoms with Crippen molar-refractivity contribution in [2.75, 3.05) is 29.5 Å². The lowest BCUT2D eigenvalue weighted by molar-refractivity contribution is 0.840. The molecule has 1 aliphatic heterocycles. The van der Waals surface area contributed by atoms with Crippen molar-refractivity contribution >= 4 is 41.2 Å². The molecule has 11 heteroatoms. The van der Waals surface area contributed by atoms with Crippen LogP contribution >= 0.6 is 23.4 Å². The molecular formula is C16H18ClN9S. The van der Waals surface area contributed by atoms with E-state index in [1.54, 1.807) is 0 Å². The summed E-state index contributed by atoms with van der Waals surface area (Å²) in [6.07, 6.45) is 2.28. The van der Waals surface area contributed by atoms with Crippen molar-refractivity contribution in [2.24, 2.45) is 0 Å². The fourth-order valence-corrected chi connectivity index (χ4v) is 3.99. The number of aromatic nitrogens is 6. The zero-order valence-corrected chi connectivity index (χ0v) is 16.0. The minimum atomic E-state index is 0.100. The number of benzene rings is 1. The molecule has 3 heterocycles. The summed E-state index contributed by atoms with van der Waals surface area (Å²) in [5.74, 6) is 1.91. The van der Waals surface area contributed by atoms with Crippen molar-refractivity contribution in [2.45, 2.75) is 23.8 Å². The summed E-state index contributed by atoms with van der Waals surface area (Å²) < 4.78 is 1.98. The first kappa shape index (κ1) is 17.8. The topological polar surface area (TPSA) is 125 Å². The van der Waals surface area contributed by atoms with Gasteiger partial charge >= 0.3 is 0 Å². The Hall–Kier alpha value is -2.59. The highest BCUT2D eigenvalue weighted by atomic mass is 35.5. The van der Waals surface area contributed by atoms with E-state index in [0.717, 1.165) is 37.6 Å². The van der Waals surface area contributed by atoms with Crippen molar-refractivity contribution in [3.05, 3.63) is 35.1 Å². The van der Waals surface area contributed by atoms with Gasteiger partial charge in [-0.2, -0.15) is 15.0 Å². The Bertz CT molecular complexity index is 935. The van der Waals surface area contributed by atoms with Gasteiger partial charge in [0.2, 0.25) is 17.8 Å². The molecule has 0 unspecified atom stereocenters. The zero-order chi connectivity index (χ0) is 18.8. The highest BCUT2D eigenvalue weighted by Crippen LogP contribution is 2.32. The molecule has 9 nitrogen and oxygen atoms in total. The van der Waals surface area contributed by atoms with Gasteiger partial charge in [-0.1, -0.05) is 35.5 Å². The van der Waals surface area contributed by atoms with Crippen LogP contribution in [0.25, 0.3) is 5.69 Å². The van der Waals surface area contributed by atoms with E-state index in [1.807, 2.05) is 28.8 Å². The van der Waals surface area contributed by atoms with Crippen molar-refractivity contribution in [3.8, 4) is 5.69 Å². The van der Waals surface area contributed by atoms with Gasteiger partial charge in [0.1, 0.15) is 5.82 Å². The van der Waals surface area contributed by atoms with E-state index in [1.165, 1.54) is 11.8 Å². The number of nitrogens with two attached hydrogens (primary N) is 2. The summed E-state index contributed by atoms with van der Waals surface area (Å²) >= 11 is 7.90. The predicted octanol–water partition coefficient (Wildman–Crippen LogP) is 2.16. The molecular weight excluding hydrogens is 386 g/mol. The van der Waals surface area contributed by atoms with Gasteiger partial charge in [-0.3, -0.25) is 4.57 Å². The van der Waals surface area contributed by atoms with E-state index in [-0.39, 0.29) is 11.9 Å². The smallest absolute Gasteiger partial charge is 0.232 e. The molecule has 0 amide bonds. The molecule has 1 saturated heterocycles. The first-order valence-electron chi connectivity index (χ1n) is 8.46. The number of hydrogen-bond acceptors (Lipinski definition) is 9. The number of rotatable bonds is 5. The normalized spacial score (nSPS) is 14.0. The molecule has 0 radical (unpaired) electrons. The van der Waals surface area contributed by atoms with Gasteiger partial charge in [0.05, 0.1) is 16.5 Å². The van der Waals surface area contributed by atoms with Crippen LogP contribution in [0.3, 0.4) is 0 Å². The molecule has 0 bridgehead atoms. The quantitative estimate of drug-likeness (QED) is 0.616. The molecule has 2 aromatic heterocycles. The average Bonchev–Trinajstić information content (AvgIpc) is 3.29. The maximum atomic E-state index is 6.45. The number of anilines is 3. The molecule has 140 valence electrons. The van der Waals surface area contributed by atoms with Crippen LogP contribution in [-0.4, -0.2) is 42.8 Å². The Morgan fingerprint density at radius 2 is 1.70 bits per heavy atom. The van der Waals surface area contributed by atoms with Crippen molar-refractivity contribution in [1.82, 2.24) is 29.7 Å². The third kappa shape index (κ3) is 3.76. The number of nitrogens with zero attached hydrogens (tertiary/aromatic N) is 7. The van der Waals surface area contributed by atoms with Crippen LogP contribution in [0.5, 0.6) is 0 Å². The van der Waals surface area contributed by atoms with E-state index in [2.05, 4.69) is 30.0 Å². The van der Waals surface area contributed by atoms with E-state index in [9.17, 15) is 0 Å². The van der Waals surface area contributed by atoms with Crippen LogP contribution in [0.15, 0.2) is 29.4 Å². The van der Waals surface area contributed by atoms with Gasteiger partial charge in [-0.05, 0) is 25.0 Å². The molecule has 1 fully saturated rings. The highest BCUT2D eigenvalue weighted by molar-refractivity contribution is 7.98. The van der Waals surface area contributed by atoms with Crippen LogP contribution < -0.4 is 16.4 Å². The van der Waals surface area contributed by atoms with Crippen LogP contribution in [0, 0.1) is 0 Å². The molecule has 1 aromatic carbocycles. The molecule has 3 aromatic rings.